The lowest BCUT2D eigenvalue weighted by atomic mass is 10.0. The first kappa shape index (κ1) is 21.7. The second kappa shape index (κ2) is 10.6. The van der Waals surface area contributed by atoms with Crippen molar-refractivity contribution in [3.63, 3.8) is 0 Å². The van der Waals surface area contributed by atoms with Crippen molar-refractivity contribution in [1.82, 2.24) is 4.90 Å². The van der Waals surface area contributed by atoms with Gasteiger partial charge in [-0.1, -0.05) is 6.92 Å². The number of hydrogen-bond acceptors (Lipinski definition) is 4. The van der Waals surface area contributed by atoms with E-state index >= 15 is 0 Å². The molecule has 1 unspecified atom stereocenters. The fourth-order valence-electron chi connectivity index (χ4n) is 3.10. The number of nitrogens with zero attached hydrogens (tertiary/aromatic N) is 2. The van der Waals surface area contributed by atoms with Crippen molar-refractivity contribution in [2.45, 2.75) is 26.2 Å². The zero-order valence-corrected chi connectivity index (χ0v) is 17.9. The Bertz CT molecular complexity index is 556. The molecule has 1 aliphatic heterocycles. The number of rotatable bonds is 6. The van der Waals surface area contributed by atoms with Crippen LogP contribution in [-0.2, 0) is 6.42 Å². The summed E-state index contributed by atoms with van der Waals surface area (Å²) < 4.78 is 16.2. The van der Waals surface area contributed by atoms with Gasteiger partial charge in [-0.15, -0.1) is 24.0 Å². The first-order chi connectivity index (χ1) is 11.6. The summed E-state index contributed by atoms with van der Waals surface area (Å²) >= 11 is 0. The van der Waals surface area contributed by atoms with Crippen LogP contribution >= 0.6 is 24.0 Å². The fraction of sp³-hybridized carbons (Fsp3) is 0.611. The van der Waals surface area contributed by atoms with Crippen molar-refractivity contribution in [3.8, 4) is 17.2 Å². The van der Waals surface area contributed by atoms with Gasteiger partial charge in [0.2, 0.25) is 0 Å². The summed E-state index contributed by atoms with van der Waals surface area (Å²) in [6.45, 7) is 4.83. The molecule has 6 nitrogen and oxygen atoms in total. The van der Waals surface area contributed by atoms with Crippen LogP contribution in [0.5, 0.6) is 17.2 Å². The lowest BCUT2D eigenvalue weighted by Crippen LogP contribution is -2.43. The number of methoxy groups -OCH3 is 3. The maximum absolute atomic E-state index is 6.15. The molecule has 0 spiro atoms. The number of aliphatic imine (C=N–C) groups is 1. The molecule has 7 heteroatoms. The Morgan fingerprint density at radius 1 is 1.20 bits per heavy atom. The molecule has 2 rings (SSSR count). The molecule has 0 amide bonds. The van der Waals surface area contributed by atoms with Crippen LogP contribution in [0.3, 0.4) is 0 Å². The predicted molar refractivity (Wildman–Crippen MR) is 112 cm³/mol. The third-order valence-corrected chi connectivity index (χ3v) is 4.43. The number of nitrogens with two attached hydrogens (primary N) is 1. The van der Waals surface area contributed by atoms with Crippen molar-refractivity contribution >= 4 is 29.9 Å². The van der Waals surface area contributed by atoms with Gasteiger partial charge < -0.3 is 24.8 Å². The lowest BCUT2D eigenvalue weighted by Gasteiger charge is -2.31. The van der Waals surface area contributed by atoms with E-state index in [4.69, 9.17) is 19.9 Å². The quantitative estimate of drug-likeness (QED) is 0.399. The van der Waals surface area contributed by atoms with Crippen molar-refractivity contribution in [3.05, 3.63) is 17.7 Å². The van der Waals surface area contributed by atoms with Crippen LogP contribution in [0.1, 0.15) is 25.3 Å². The maximum Gasteiger partial charge on any atom is 0.191 e. The molecule has 0 aliphatic carbocycles. The first-order valence-corrected chi connectivity index (χ1v) is 8.42. The van der Waals surface area contributed by atoms with Gasteiger partial charge in [-0.05, 0) is 25.2 Å². The molecule has 2 N–H and O–H groups in total. The van der Waals surface area contributed by atoms with Gasteiger partial charge >= 0.3 is 0 Å². The number of likely N-dealkylation sites (tertiary alicyclic amines) is 1. The van der Waals surface area contributed by atoms with E-state index in [0.29, 0.717) is 30.6 Å². The Morgan fingerprint density at radius 3 is 2.36 bits per heavy atom. The van der Waals surface area contributed by atoms with Gasteiger partial charge in [0.25, 0.3) is 0 Å². The summed E-state index contributed by atoms with van der Waals surface area (Å²) in [6.07, 6.45) is 3.14. The van der Waals surface area contributed by atoms with Crippen molar-refractivity contribution in [2.75, 3.05) is 41.0 Å². The minimum atomic E-state index is 0. The molecule has 1 saturated heterocycles. The Hall–Kier alpha value is -1.38. The molecule has 0 saturated carbocycles. The van der Waals surface area contributed by atoms with Crippen LogP contribution in [0.2, 0.25) is 0 Å². The minimum absolute atomic E-state index is 0. The molecule has 25 heavy (non-hydrogen) atoms. The minimum Gasteiger partial charge on any atom is -0.496 e. The van der Waals surface area contributed by atoms with Gasteiger partial charge in [-0.2, -0.15) is 0 Å². The van der Waals surface area contributed by atoms with Gasteiger partial charge in [0.05, 0.1) is 21.3 Å². The largest absolute Gasteiger partial charge is 0.496 e. The number of hydrogen-bond donors (Lipinski definition) is 1. The lowest BCUT2D eigenvalue weighted by molar-refractivity contribution is 0.270. The molecular weight excluding hydrogens is 433 g/mol. The highest BCUT2D eigenvalue weighted by Gasteiger charge is 2.18. The zero-order chi connectivity index (χ0) is 17.5. The summed E-state index contributed by atoms with van der Waals surface area (Å²) in [7, 11) is 4.91. The summed E-state index contributed by atoms with van der Waals surface area (Å²) in [5, 5.41) is 0. The van der Waals surface area contributed by atoms with Crippen LogP contribution in [0.4, 0.5) is 0 Å². The van der Waals surface area contributed by atoms with Crippen molar-refractivity contribution < 1.29 is 14.2 Å². The molecule has 0 radical (unpaired) electrons. The Balaban J connectivity index is 0.00000312. The monoisotopic (exact) mass is 463 g/mol. The van der Waals surface area contributed by atoms with E-state index < -0.39 is 0 Å². The highest BCUT2D eigenvalue weighted by molar-refractivity contribution is 14.0. The molecule has 142 valence electrons. The molecule has 1 fully saturated rings. The number of piperidine rings is 1. The summed E-state index contributed by atoms with van der Waals surface area (Å²) in [5.41, 5.74) is 7.13. The van der Waals surface area contributed by atoms with Gasteiger partial charge in [0.1, 0.15) is 17.2 Å². The van der Waals surface area contributed by atoms with Crippen LogP contribution in [0.25, 0.3) is 0 Å². The Labute approximate surface area is 167 Å². The summed E-state index contributed by atoms with van der Waals surface area (Å²) in [5.74, 6) is 3.50. The summed E-state index contributed by atoms with van der Waals surface area (Å²) in [4.78, 5) is 6.73. The molecule has 1 heterocycles. The van der Waals surface area contributed by atoms with Gasteiger partial charge in [-0.3, -0.25) is 4.99 Å². The Morgan fingerprint density at radius 2 is 1.84 bits per heavy atom. The molecule has 0 bridgehead atoms. The number of ether oxygens (including phenoxy) is 3. The predicted octanol–water partition coefficient (Wildman–Crippen LogP) is 2.92. The summed E-state index contributed by atoms with van der Waals surface area (Å²) in [6, 6.07) is 3.72. The van der Waals surface area contributed by atoms with Gasteiger partial charge in [-0.25, -0.2) is 0 Å². The molecule has 1 atom stereocenters. The molecule has 1 aliphatic rings. The van der Waals surface area contributed by atoms with Crippen LogP contribution < -0.4 is 19.9 Å². The van der Waals surface area contributed by atoms with E-state index in [0.717, 1.165) is 30.2 Å². The van der Waals surface area contributed by atoms with Crippen LogP contribution in [0, 0.1) is 5.92 Å². The Kier molecular flexibility index (Phi) is 9.16. The third kappa shape index (κ3) is 5.83. The number of guanidine groups is 1. The highest BCUT2D eigenvalue weighted by Crippen LogP contribution is 2.34. The molecular formula is C18H30IN3O3. The molecule has 1 aromatic rings. The third-order valence-electron chi connectivity index (χ3n) is 4.43. The van der Waals surface area contributed by atoms with E-state index in [2.05, 4.69) is 16.8 Å². The molecule has 1 aromatic carbocycles. The average Bonchev–Trinajstić information content (AvgIpc) is 2.61. The zero-order valence-electron chi connectivity index (χ0n) is 15.6. The smallest absolute Gasteiger partial charge is 0.191 e. The van der Waals surface area contributed by atoms with Crippen LogP contribution in [0.15, 0.2) is 17.1 Å². The SMILES string of the molecule is COc1cc(OC)c(CCN=C(N)N2CCCC(C)C2)c(OC)c1.I. The van der Waals surface area contributed by atoms with Crippen molar-refractivity contribution in [1.29, 1.82) is 0 Å². The van der Waals surface area contributed by atoms with E-state index in [1.807, 2.05) is 12.1 Å². The van der Waals surface area contributed by atoms with E-state index in [1.54, 1.807) is 21.3 Å². The van der Waals surface area contributed by atoms with E-state index in [9.17, 15) is 0 Å². The van der Waals surface area contributed by atoms with Crippen molar-refractivity contribution in [2.24, 2.45) is 16.6 Å². The van der Waals surface area contributed by atoms with Gasteiger partial charge in [0, 0.05) is 37.3 Å². The normalized spacial score (nSPS) is 17.7. The topological polar surface area (TPSA) is 69.3 Å². The van der Waals surface area contributed by atoms with E-state index in [1.165, 1.54) is 12.8 Å². The molecule has 0 aromatic heterocycles. The number of benzene rings is 1. The van der Waals surface area contributed by atoms with Crippen LogP contribution in [-0.4, -0.2) is 51.8 Å². The van der Waals surface area contributed by atoms with E-state index in [-0.39, 0.29) is 24.0 Å². The first-order valence-electron chi connectivity index (χ1n) is 8.42. The second-order valence-corrected chi connectivity index (χ2v) is 6.19. The highest BCUT2D eigenvalue weighted by atomic mass is 127. The maximum atomic E-state index is 6.15. The fourth-order valence-corrected chi connectivity index (χ4v) is 3.10. The number of halogens is 1. The van der Waals surface area contributed by atoms with Gasteiger partial charge in [0.15, 0.2) is 5.96 Å². The standard InChI is InChI=1S/C18H29N3O3.HI/c1-13-6-5-9-21(12-13)18(19)20-8-7-15-16(23-3)10-14(22-2)11-17(15)24-4;/h10-11,13H,5-9,12H2,1-4H3,(H2,19,20);1H. The second-order valence-electron chi connectivity index (χ2n) is 6.19. The average molecular weight is 463 g/mol.